The van der Waals surface area contributed by atoms with Crippen LogP contribution in [-0.4, -0.2) is 41.1 Å². The molecule has 0 aromatic heterocycles. The molecule has 26 heavy (non-hydrogen) atoms. The highest BCUT2D eigenvalue weighted by Gasteiger charge is 2.39. The van der Waals surface area contributed by atoms with Crippen molar-refractivity contribution in [3.8, 4) is 0 Å². The molecule has 7 heteroatoms. The molecule has 4 N–H and O–H groups in total. The number of amides is 3. The van der Waals surface area contributed by atoms with Gasteiger partial charge < -0.3 is 21.1 Å². The highest BCUT2D eigenvalue weighted by molar-refractivity contribution is 5.87. The topological polar surface area (TPSA) is 108 Å². The zero-order chi connectivity index (χ0) is 18.8. The lowest BCUT2D eigenvalue weighted by atomic mass is 9.90. The normalized spacial score (nSPS) is 20.6. The molecule has 0 spiro atoms. The number of nitrogens with one attached hydrogen (secondary N) is 3. The van der Waals surface area contributed by atoms with Gasteiger partial charge in [0.25, 0.3) is 0 Å². The molecule has 2 aliphatic rings. The third-order valence-electron chi connectivity index (χ3n) is 5.55. The third-order valence-corrected chi connectivity index (χ3v) is 5.55. The number of rotatable bonds is 7. The fourth-order valence-electron chi connectivity index (χ4n) is 3.99. The average Bonchev–Trinajstić information content (AvgIpc) is 2.86. The van der Waals surface area contributed by atoms with Gasteiger partial charge in [0.05, 0.1) is 0 Å². The van der Waals surface area contributed by atoms with E-state index >= 15 is 0 Å². The second-order valence-corrected chi connectivity index (χ2v) is 7.69. The van der Waals surface area contributed by atoms with E-state index in [1.807, 2.05) is 0 Å². The fraction of sp³-hybridized carbons (Fsp3) is 0.842. The maximum Gasteiger partial charge on any atom is 0.329 e. The summed E-state index contributed by atoms with van der Waals surface area (Å²) < 4.78 is 0. The van der Waals surface area contributed by atoms with Crippen molar-refractivity contribution in [1.29, 1.82) is 0 Å². The molecule has 148 valence electrons. The van der Waals surface area contributed by atoms with Crippen molar-refractivity contribution in [2.45, 2.75) is 95.1 Å². The number of urea groups is 1. The predicted octanol–water partition coefficient (Wildman–Crippen LogP) is 2.69. The van der Waals surface area contributed by atoms with E-state index in [0.29, 0.717) is 25.8 Å². The van der Waals surface area contributed by atoms with E-state index in [-0.39, 0.29) is 24.4 Å². The fourth-order valence-corrected chi connectivity index (χ4v) is 3.99. The summed E-state index contributed by atoms with van der Waals surface area (Å²) in [6.45, 7) is 0.409. The Morgan fingerprint density at radius 2 is 1.54 bits per heavy atom. The van der Waals surface area contributed by atoms with Gasteiger partial charge in [-0.1, -0.05) is 44.9 Å². The summed E-state index contributed by atoms with van der Waals surface area (Å²) in [5.41, 5.74) is -1.11. The first-order valence-electron chi connectivity index (χ1n) is 10.1. The SMILES string of the molecule is O=C(CCCNC(=O)NC1CCCCC1)NC1(C(=O)O)CCCCCC1. The van der Waals surface area contributed by atoms with Crippen molar-refractivity contribution in [3.63, 3.8) is 0 Å². The van der Waals surface area contributed by atoms with Gasteiger partial charge in [0.2, 0.25) is 5.91 Å². The largest absolute Gasteiger partial charge is 0.480 e. The Hall–Kier alpha value is -1.79. The van der Waals surface area contributed by atoms with Crippen molar-refractivity contribution in [2.75, 3.05) is 6.54 Å². The molecule has 0 aromatic rings. The Balaban J connectivity index is 1.65. The minimum absolute atomic E-state index is 0.178. The van der Waals surface area contributed by atoms with Crippen molar-refractivity contribution in [1.82, 2.24) is 16.0 Å². The summed E-state index contributed by atoms with van der Waals surface area (Å²) in [5, 5.41) is 18.1. The molecular formula is C19H33N3O4. The number of aliphatic carboxylic acids is 1. The maximum atomic E-state index is 12.2. The van der Waals surface area contributed by atoms with Gasteiger partial charge in [-0.15, -0.1) is 0 Å². The Morgan fingerprint density at radius 3 is 2.15 bits per heavy atom. The molecule has 0 atom stereocenters. The molecular weight excluding hydrogens is 334 g/mol. The average molecular weight is 367 g/mol. The summed E-state index contributed by atoms with van der Waals surface area (Å²) in [7, 11) is 0. The van der Waals surface area contributed by atoms with Crippen LogP contribution in [0.3, 0.4) is 0 Å². The smallest absolute Gasteiger partial charge is 0.329 e. The molecule has 7 nitrogen and oxygen atoms in total. The predicted molar refractivity (Wildman–Crippen MR) is 98.9 cm³/mol. The van der Waals surface area contributed by atoms with E-state index in [9.17, 15) is 19.5 Å². The molecule has 2 saturated carbocycles. The Labute approximate surface area is 155 Å². The molecule has 3 amide bonds. The molecule has 0 aliphatic heterocycles. The van der Waals surface area contributed by atoms with Gasteiger partial charge in [-0.3, -0.25) is 4.79 Å². The minimum Gasteiger partial charge on any atom is -0.480 e. The van der Waals surface area contributed by atoms with Gasteiger partial charge in [-0.05, 0) is 32.1 Å². The molecule has 0 bridgehead atoms. The molecule has 0 heterocycles. The van der Waals surface area contributed by atoms with Crippen LogP contribution in [0, 0.1) is 0 Å². The number of hydrogen-bond acceptors (Lipinski definition) is 3. The minimum atomic E-state index is -1.11. The van der Waals surface area contributed by atoms with Gasteiger partial charge in [0.15, 0.2) is 0 Å². The van der Waals surface area contributed by atoms with E-state index in [4.69, 9.17) is 0 Å². The van der Waals surface area contributed by atoms with Gasteiger partial charge in [0, 0.05) is 19.0 Å². The highest BCUT2D eigenvalue weighted by atomic mass is 16.4. The molecule has 2 aliphatic carbocycles. The van der Waals surface area contributed by atoms with E-state index in [2.05, 4.69) is 16.0 Å². The van der Waals surface area contributed by atoms with Crippen molar-refractivity contribution >= 4 is 17.9 Å². The highest BCUT2D eigenvalue weighted by Crippen LogP contribution is 2.27. The monoisotopic (exact) mass is 367 g/mol. The summed E-state index contributed by atoms with van der Waals surface area (Å²) in [4.78, 5) is 35.7. The van der Waals surface area contributed by atoms with Crippen molar-refractivity contribution < 1.29 is 19.5 Å². The van der Waals surface area contributed by atoms with Crippen LogP contribution >= 0.6 is 0 Å². The lowest BCUT2D eigenvalue weighted by molar-refractivity contribution is -0.148. The number of carboxylic acids is 1. The summed E-state index contributed by atoms with van der Waals surface area (Å²) in [5.74, 6) is -1.18. The van der Waals surface area contributed by atoms with Crippen LogP contribution in [0.1, 0.15) is 83.5 Å². The molecule has 0 radical (unpaired) electrons. The Morgan fingerprint density at radius 1 is 0.923 bits per heavy atom. The van der Waals surface area contributed by atoms with Gasteiger partial charge in [0.1, 0.15) is 5.54 Å². The lowest BCUT2D eigenvalue weighted by Crippen LogP contribution is -2.54. The van der Waals surface area contributed by atoms with E-state index in [0.717, 1.165) is 51.4 Å². The van der Waals surface area contributed by atoms with Gasteiger partial charge in [-0.25, -0.2) is 9.59 Å². The lowest BCUT2D eigenvalue weighted by Gasteiger charge is -2.29. The van der Waals surface area contributed by atoms with Crippen LogP contribution in [0.2, 0.25) is 0 Å². The van der Waals surface area contributed by atoms with Crippen LogP contribution in [0.15, 0.2) is 0 Å². The number of hydrogen-bond donors (Lipinski definition) is 4. The first-order valence-corrected chi connectivity index (χ1v) is 10.1. The zero-order valence-corrected chi connectivity index (χ0v) is 15.6. The Kier molecular flexibility index (Phi) is 8.19. The van der Waals surface area contributed by atoms with Crippen LogP contribution in [0.4, 0.5) is 4.79 Å². The second-order valence-electron chi connectivity index (χ2n) is 7.69. The van der Waals surface area contributed by atoms with E-state index < -0.39 is 11.5 Å². The number of carbonyl (C=O) groups excluding carboxylic acids is 2. The van der Waals surface area contributed by atoms with Gasteiger partial charge >= 0.3 is 12.0 Å². The number of carboxylic acid groups (broad SMARTS) is 1. The molecule has 0 saturated heterocycles. The molecule has 0 aromatic carbocycles. The summed E-state index contributed by atoms with van der Waals surface area (Å²) in [6.07, 6.45) is 11.0. The summed E-state index contributed by atoms with van der Waals surface area (Å²) in [6, 6.07) is 0.0841. The van der Waals surface area contributed by atoms with Crippen LogP contribution in [-0.2, 0) is 9.59 Å². The third kappa shape index (κ3) is 6.50. The molecule has 2 fully saturated rings. The quantitative estimate of drug-likeness (QED) is 0.410. The standard InChI is InChI=1S/C19H33N3O4/c23-16(22-19(17(24)25)12-6-1-2-7-13-19)11-8-14-20-18(26)21-15-9-4-3-5-10-15/h15H,1-14H2,(H,22,23)(H,24,25)(H2,20,21,26). The molecule has 2 rings (SSSR count). The van der Waals surface area contributed by atoms with Gasteiger partial charge in [-0.2, -0.15) is 0 Å². The first kappa shape index (κ1) is 20.5. The molecule has 0 unspecified atom stereocenters. The van der Waals surface area contributed by atoms with Crippen LogP contribution < -0.4 is 16.0 Å². The van der Waals surface area contributed by atoms with Crippen LogP contribution in [0.5, 0.6) is 0 Å². The van der Waals surface area contributed by atoms with Crippen molar-refractivity contribution in [2.24, 2.45) is 0 Å². The number of carbonyl (C=O) groups is 3. The van der Waals surface area contributed by atoms with Crippen LogP contribution in [0.25, 0.3) is 0 Å². The summed E-state index contributed by atoms with van der Waals surface area (Å²) >= 11 is 0. The van der Waals surface area contributed by atoms with Crippen molar-refractivity contribution in [3.05, 3.63) is 0 Å². The maximum absolute atomic E-state index is 12.2. The first-order chi connectivity index (χ1) is 12.5. The zero-order valence-electron chi connectivity index (χ0n) is 15.6. The van der Waals surface area contributed by atoms with E-state index in [1.165, 1.54) is 6.42 Å². The van der Waals surface area contributed by atoms with E-state index in [1.54, 1.807) is 0 Å². The second kappa shape index (κ2) is 10.4. The Bertz CT molecular complexity index is 481.